The van der Waals surface area contributed by atoms with Crippen molar-refractivity contribution in [3.63, 3.8) is 0 Å². The van der Waals surface area contributed by atoms with Gasteiger partial charge in [-0.25, -0.2) is 0 Å². The molecule has 0 amide bonds. The van der Waals surface area contributed by atoms with Crippen LogP contribution in [0, 0.1) is 11.5 Å². The van der Waals surface area contributed by atoms with Gasteiger partial charge in [0.2, 0.25) is 0 Å². The van der Waals surface area contributed by atoms with Gasteiger partial charge in [0.25, 0.3) is 0 Å². The van der Waals surface area contributed by atoms with Crippen LogP contribution in [-0.4, -0.2) is 29.8 Å². The summed E-state index contributed by atoms with van der Waals surface area (Å²) >= 11 is 0. The number of hydrogen-bond donors (Lipinski definition) is 4. The van der Waals surface area contributed by atoms with E-state index in [4.69, 9.17) is 20.6 Å². The zero-order chi connectivity index (χ0) is 18.4. The third-order valence-electron chi connectivity index (χ3n) is 3.25. The minimum atomic E-state index is -0.945. The van der Waals surface area contributed by atoms with Crippen LogP contribution in [0.2, 0.25) is 0 Å². The molecule has 0 fully saturated rings. The smallest absolute Gasteiger partial charge is 0.185 e. The van der Waals surface area contributed by atoms with Crippen LogP contribution >= 0.6 is 0 Å². The minimum absolute atomic E-state index is 0.0233. The number of hydrogen-bond acceptors (Lipinski definition) is 5. The summed E-state index contributed by atoms with van der Waals surface area (Å²) < 4.78 is 11.4. The number of nitrogens with one attached hydrogen (secondary N) is 2. The van der Waals surface area contributed by atoms with Gasteiger partial charge < -0.3 is 25.6 Å². The van der Waals surface area contributed by atoms with Gasteiger partial charge in [0.1, 0.15) is 12.4 Å². The van der Waals surface area contributed by atoms with Crippen LogP contribution in [0.15, 0.2) is 36.4 Å². The van der Waals surface area contributed by atoms with Gasteiger partial charge in [0.15, 0.2) is 11.5 Å². The lowest BCUT2D eigenvalue weighted by atomic mass is 10.1. The zero-order valence-corrected chi connectivity index (χ0v) is 14.7. The first-order valence-corrected chi connectivity index (χ1v) is 8.04. The summed E-state index contributed by atoms with van der Waals surface area (Å²) in [4.78, 5) is 0. The lowest BCUT2D eigenvalue weighted by Crippen LogP contribution is -2.28. The summed E-state index contributed by atoms with van der Waals surface area (Å²) in [6.07, 6.45) is 0. The summed E-state index contributed by atoms with van der Waals surface area (Å²) in [5.74, 6) is 1.09. The molecular weight excluding hydrogens is 318 g/mol. The molecule has 2 aromatic carbocycles. The van der Waals surface area contributed by atoms with Crippen molar-refractivity contribution in [2.45, 2.75) is 26.4 Å². The number of amidine groups is 1. The third-order valence-corrected chi connectivity index (χ3v) is 3.25. The van der Waals surface area contributed by atoms with Gasteiger partial charge in [-0.05, 0) is 57.2 Å². The molecule has 0 saturated carbocycles. The highest BCUT2D eigenvalue weighted by atomic mass is 16.5. The molecule has 5 N–H and O–H groups in total. The molecule has 0 spiro atoms. The van der Waals surface area contributed by atoms with Gasteiger partial charge in [-0.1, -0.05) is 0 Å². The van der Waals surface area contributed by atoms with E-state index in [-0.39, 0.29) is 12.4 Å². The van der Waals surface area contributed by atoms with E-state index in [0.717, 1.165) is 5.69 Å². The number of anilines is 2. The lowest BCUT2D eigenvalue weighted by Gasteiger charge is -2.21. The first kappa shape index (κ1) is 18.6. The van der Waals surface area contributed by atoms with E-state index in [2.05, 4.69) is 11.4 Å². The van der Waals surface area contributed by atoms with Crippen molar-refractivity contribution >= 4 is 17.2 Å². The monoisotopic (exact) mass is 342 g/mol. The molecule has 0 saturated heterocycles. The third kappa shape index (κ3) is 5.39. The molecule has 0 aliphatic carbocycles. The van der Waals surface area contributed by atoms with E-state index < -0.39 is 5.60 Å². The fourth-order valence-corrected chi connectivity index (χ4v) is 2.09. The maximum atomic E-state index is 9.86. The van der Waals surface area contributed by atoms with Crippen LogP contribution in [-0.2, 0) is 0 Å². The summed E-state index contributed by atoms with van der Waals surface area (Å²) in [7, 11) is 0. The van der Waals surface area contributed by atoms with E-state index in [9.17, 15) is 5.11 Å². The van der Waals surface area contributed by atoms with Crippen LogP contribution in [0.4, 0.5) is 11.4 Å². The number of rotatable bonds is 8. The Morgan fingerprint density at radius 1 is 1.24 bits per heavy atom. The molecule has 2 aromatic rings. The largest absolute Gasteiger partial charge is 0.488 e. The van der Waals surface area contributed by atoms with Gasteiger partial charge >= 0.3 is 0 Å². The molecule has 0 heterocycles. The number of nitrogens with two attached hydrogens (primary N) is 1. The number of benzene rings is 2. The Hall–Kier alpha value is -2.73. The highest BCUT2D eigenvalue weighted by molar-refractivity contribution is 5.95. The van der Waals surface area contributed by atoms with Crippen molar-refractivity contribution in [3.05, 3.63) is 48.0 Å². The Morgan fingerprint density at radius 2 is 1.92 bits per heavy atom. The number of ether oxygens (including phenoxy) is 2. The predicted molar refractivity (Wildman–Crippen MR) is 99.0 cm³/mol. The summed E-state index contributed by atoms with van der Waals surface area (Å²) in [5, 5.41) is 20.5. The van der Waals surface area contributed by atoms with Crippen LogP contribution in [0.1, 0.15) is 26.3 Å². The van der Waals surface area contributed by atoms with E-state index in [1.807, 2.05) is 19.1 Å². The SMILES string of the molecule is CCOc1c(Nc2ccc(C(=N)N)cc2)[c]ccc1OCC(C)(C)O. The van der Waals surface area contributed by atoms with Crippen molar-refractivity contribution in [1.82, 2.24) is 0 Å². The minimum Gasteiger partial charge on any atom is -0.488 e. The second kappa shape index (κ2) is 7.90. The lowest BCUT2D eigenvalue weighted by molar-refractivity contribution is 0.0275. The highest BCUT2D eigenvalue weighted by Gasteiger charge is 2.17. The fourth-order valence-electron chi connectivity index (χ4n) is 2.09. The summed E-state index contributed by atoms with van der Waals surface area (Å²) in [6.45, 7) is 5.85. The molecule has 0 aliphatic rings. The molecule has 0 atom stereocenters. The molecule has 0 aliphatic heterocycles. The second-order valence-electron chi connectivity index (χ2n) is 6.20. The molecule has 0 aromatic heterocycles. The standard InChI is InChI=1S/C19H24N3O3/c1-4-24-17-15(6-5-7-16(17)25-12-19(2,3)23)22-14-10-8-13(9-11-14)18(20)21/h5,7-11,22-23H,4,12H2,1-3H3,(H3,20,21). The van der Waals surface area contributed by atoms with Crippen LogP contribution in [0.5, 0.6) is 11.5 Å². The average molecular weight is 342 g/mol. The van der Waals surface area contributed by atoms with Gasteiger partial charge in [-0.15, -0.1) is 0 Å². The summed E-state index contributed by atoms with van der Waals surface area (Å²) in [5.41, 5.74) is 6.61. The average Bonchev–Trinajstić information content (AvgIpc) is 2.55. The molecule has 0 unspecified atom stereocenters. The normalized spacial score (nSPS) is 11.0. The van der Waals surface area contributed by atoms with Gasteiger partial charge in [-0.3, -0.25) is 5.41 Å². The Morgan fingerprint density at radius 3 is 2.48 bits per heavy atom. The van der Waals surface area contributed by atoms with Crippen molar-refractivity contribution in [2.75, 3.05) is 18.5 Å². The van der Waals surface area contributed by atoms with E-state index in [0.29, 0.717) is 29.4 Å². The Bertz CT molecular complexity index is 722. The number of aliphatic hydroxyl groups is 1. The van der Waals surface area contributed by atoms with E-state index in [1.54, 1.807) is 38.1 Å². The van der Waals surface area contributed by atoms with Crippen LogP contribution < -0.4 is 20.5 Å². The molecule has 6 heteroatoms. The predicted octanol–water partition coefficient (Wildman–Crippen LogP) is 3.06. The Labute approximate surface area is 148 Å². The van der Waals surface area contributed by atoms with Crippen molar-refractivity contribution in [2.24, 2.45) is 5.73 Å². The topological polar surface area (TPSA) is 101 Å². The van der Waals surface area contributed by atoms with Gasteiger partial charge in [-0.2, -0.15) is 0 Å². The van der Waals surface area contributed by atoms with E-state index in [1.165, 1.54) is 0 Å². The fraction of sp³-hybridized carbons (Fsp3) is 0.316. The van der Waals surface area contributed by atoms with Gasteiger partial charge in [0, 0.05) is 17.3 Å². The van der Waals surface area contributed by atoms with Crippen LogP contribution in [0.3, 0.4) is 0 Å². The molecule has 0 bridgehead atoms. The zero-order valence-electron chi connectivity index (χ0n) is 14.7. The Kier molecular flexibility index (Phi) is 5.88. The Balaban J connectivity index is 2.25. The molecule has 133 valence electrons. The first-order valence-electron chi connectivity index (χ1n) is 8.04. The van der Waals surface area contributed by atoms with Crippen molar-refractivity contribution in [1.29, 1.82) is 5.41 Å². The first-order chi connectivity index (χ1) is 11.8. The second-order valence-corrected chi connectivity index (χ2v) is 6.20. The molecular formula is C19H24N3O3. The van der Waals surface area contributed by atoms with Crippen molar-refractivity contribution < 1.29 is 14.6 Å². The summed E-state index contributed by atoms with van der Waals surface area (Å²) in [6, 6.07) is 13.8. The molecule has 2 rings (SSSR count). The maximum absolute atomic E-state index is 9.86. The van der Waals surface area contributed by atoms with E-state index >= 15 is 0 Å². The maximum Gasteiger partial charge on any atom is 0.185 e. The quantitative estimate of drug-likeness (QED) is 0.436. The molecule has 25 heavy (non-hydrogen) atoms. The highest BCUT2D eigenvalue weighted by Crippen LogP contribution is 2.37. The van der Waals surface area contributed by atoms with Crippen LogP contribution in [0.25, 0.3) is 0 Å². The molecule has 6 nitrogen and oxygen atoms in total. The number of nitrogen functional groups attached to an aromatic ring is 1. The van der Waals surface area contributed by atoms with Crippen molar-refractivity contribution in [3.8, 4) is 11.5 Å². The van der Waals surface area contributed by atoms with Gasteiger partial charge in [0.05, 0.1) is 17.9 Å². The molecule has 1 radical (unpaired) electrons.